The van der Waals surface area contributed by atoms with Gasteiger partial charge in [0.15, 0.2) is 0 Å². The van der Waals surface area contributed by atoms with E-state index in [2.05, 4.69) is 22.0 Å². The molecule has 1 aromatic carbocycles. The quantitative estimate of drug-likeness (QED) is 0.847. The van der Waals surface area contributed by atoms with E-state index < -0.39 is 0 Å². The summed E-state index contributed by atoms with van der Waals surface area (Å²) in [5.41, 5.74) is 2.64. The zero-order valence-corrected chi connectivity index (χ0v) is 15.0. The number of H-pyrrole nitrogens is 1. The molecule has 0 saturated carbocycles. The number of aromatic nitrogens is 1. The summed E-state index contributed by atoms with van der Waals surface area (Å²) in [4.78, 5) is 19.2. The van der Waals surface area contributed by atoms with Gasteiger partial charge in [0.05, 0.1) is 6.61 Å². The zero-order valence-electron chi connectivity index (χ0n) is 15.0. The van der Waals surface area contributed by atoms with Gasteiger partial charge >= 0.3 is 0 Å². The fourth-order valence-electron chi connectivity index (χ4n) is 3.76. The van der Waals surface area contributed by atoms with Crippen LogP contribution >= 0.6 is 0 Å². The highest BCUT2D eigenvalue weighted by molar-refractivity contribution is 5.92. The van der Waals surface area contributed by atoms with Gasteiger partial charge < -0.3 is 15.0 Å². The van der Waals surface area contributed by atoms with Crippen molar-refractivity contribution in [1.29, 1.82) is 0 Å². The molecule has 2 aromatic rings. The van der Waals surface area contributed by atoms with Crippen LogP contribution in [0, 0.1) is 0 Å². The largest absolute Gasteiger partial charge is 0.394 e. The summed E-state index contributed by atoms with van der Waals surface area (Å²) in [7, 11) is 3.50. The lowest BCUT2D eigenvalue weighted by atomic mass is 9.88. The van der Waals surface area contributed by atoms with E-state index in [9.17, 15) is 9.90 Å². The number of amides is 1. The van der Waals surface area contributed by atoms with Crippen LogP contribution in [0.4, 0.5) is 0 Å². The number of aliphatic hydroxyl groups is 1. The topological polar surface area (TPSA) is 59.6 Å². The van der Waals surface area contributed by atoms with Crippen LogP contribution < -0.4 is 0 Å². The molecule has 1 fully saturated rings. The number of likely N-dealkylation sites (tertiary alicyclic amines) is 1. The third-order valence-corrected chi connectivity index (χ3v) is 5.16. The van der Waals surface area contributed by atoms with Gasteiger partial charge in [-0.2, -0.15) is 0 Å². The van der Waals surface area contributed by atoms with Gasteiger partial charge in [-0.15, -0.1) is 0 Å². The second-order valence-corrected chi connectivity index (χ2v) is 7.17. The van der Waals surface area contributed by atoms with Gasteiger partial charge in [0, 0.05) is 31.9 Å². The average Bonchev–Trinajstić information content (AvgIpc) is 3.23. The Labute approximate surface area is 149 Å². The number of nitrogens with one attached hydrogen (secondary N) is 1. The van der Waals surface area contributed by atoms with Crippen molar-refractivity contribution in [3.8, 4) is 0 Å². The van der Waals surface area contributed by atoms with E-state index >= 15 is 0 Å². The van der Waals surface area contributed by atoms with Crippen LogP contribution in [0.5, 0.6) is 0 Å². The molecule has 1 amide bonds. The van der Waals surface area contributed by atoms with Crippen LogP contribution in [0.2, 0.25) is 0 Å². The Morgan fingerprint density at radius 1 is 1.24 bits per heavy atom. The van der Waals surface area contributed by atoms with E-state index in [1.54, 1.807) is 19.0 Å². The van der Waals surface area contributed by atoms with Crippen molar-refractivity contribution in [2.45, 2.75) is 31.3 Å². The van der Waals surface area contributed by atoms with Crippen LogP contribution in [0.15, 0.2) is 42.5 Å². The molecule has 0 radical (unpaired) electrons. The van der Waals surface area contributed by atoms with Crippen LogP contribution in [0.25, 0.3) is 0 Å². The number of benzene rings is 1. The minimum Gasteiger partial charge on any atom is -0.394 e. The first-order chi connectivity index (χ1) is 12.0. The Balaban J connectivity index is 1.75. The number of nitrogens with zero attached hydrogens (tertiary/aromatic N) is 2. The molecule has 1 aliphatic rings. The summed E-state index contributed by atoms with van der Waals surface area (Å²) >= 11 is 0. The first-order valence-corrected chi connectivity index (χ1v) is 8.83. The number of rotatable bonds is 6. The summed E-state index contributed by atoms with van der Waals surface area (Å²) in [6, 6.07) is 14.2. The lowest BCUT2D eigenvalue weighted by molar-refractivity contribution is 0.0573. The molecule has 3 rings (SSSR count). The minimum atomic E-state index is -0.224. The lowest BCUT2D eigenvalue weighted by Gasteiger charge is -2.37. The van der Waals surface area contributed by atoms with Crippen LogP contribution in [0.1, 0.15) is 34.6 Å². The SMILES string of the molecule is CN(C)C(=O)c1ccc(CN2CCCC2(CO)Cc2ccccc2)[nH]1. The molecule has 2 heterocycles. The Morgan fingerprint density at radius 2 is 2.00 bits per heavy atom. The van der Waals surface area contributed by atoms with Gasteiger partial charge in [0.1, 0.15) is 5.69 Å². The maximum atomic E-state index is 12.1. The lowest BCUT2D eigenvalue weighted by Crippen LogP contribution is -2.48. The summed E-state index contributed by atoms with van der Waals surface area (Å²) in [6.07, 6.45) is 2.91. The van der Waals surface area contributed by atoms with Crippen LogP contribution in [0.3, 0.4) is 0 Å². The van der Waals surface area contributed by atoms with Crippen molar-refractivity contribution < 1.29 is 9.90 Å². The monoisotopic (exact) mass is 341 g/mol. The first-order valence-electron chi connectivity index (χ1n) is 8.83. The third kappa shape index (κ3) is 3.78. The zero-order chi connectivity index (χ0) is 17.9. The third-order valence-electron chi connectivity index (χ3n) is 5.16. The Bertz CT molecular complexity index is 711. The summed E-state index contributed by atoms with van der Waals surface area (Å²) < 4.78 is 0. The van der Waals surface area contributed by atoms with Gasteiger partial charge in [-0.25, -0.2) is 0 Å². The predicted octanol–water partition coefficient (Wildman–Crippen LogP) is 2.29. The predicted molar refractivity (Wildman–Crippen MR) is 98.4 cm³/mol. The molecule has 25 heavy (non-hydrogen) atoms. The smallest absolute Gasteiger partial charge is 0.269 e. The maximum absolute atomic E-state index is 12.1. The average molecular weight is 341 g/mol. The molecule has 5 heteroatoms. The second kappa shape index (κ2) is 7.42. The summed E-state index contributed by atoms with van der Waals surface area (Å²) in [5, 5.41) is 10.2. The van der Waals surface area contributed by atoms with Crippen molar-refractivity contribution >= 4 is 5.91 Å². The van der Waals surface area contributed by atoms with Gasteiger partial charge in [-0.1, -0.05) is 30.3 Å². The molecule has 0 bridgehead atoms. The highest BCUT2D eigenvalue weighted by Crippen LogP contribution is 2.33. The van der Waals surface area contributed by atoms with Crippen molar-refractivity contribution in [1.82, 2.24) is 14.8 Å². The Hall–Kier alpha value is -2.11. The molecular formula is C20H27N3O2. The number of carbonyl (C=O) groups excluding carboxylic acids is 1. The number of aliphatic hydroxyl groups excluding tert-OH is 1. The van der Waals surface area contributed by atoms with E-state index in [4.69, 9.17) is 0 Å². The van der Waals surface area contributed by atoms with Crippen LogP contribution in [-0.4, -0.2) is 58.6 Å². The van der Waals surface area contributed by atoms with E-state index in [0.717, 1.165) is 31.5 Å². The number of hydrogen-bond donors (Lipinski definition) is 2. The van der Waals surface area contributed by atoms with E-state index in [1.807, 2.05) is 30.3 Å². The highest BCUT2D eigenvalue weighted by atomic mass is 16.3. The number of hydrogen-bond acceptors (Lipinski definition) is 3. The highest BCUT2D eigenvalue weighted by Gasteiger charge is 2.40. The van der Waals surface area contributed by atoms with E-state index in [1.165, 1.54) is 5.56 Å². The van der Waals surface area contributed by atoms with E-state index in [0.29, 0.717) is 12.2 Å². The molecule has 1 saturated heterocycles. The van der Waals surface area contributed by atoms with Gasteiger partial charge in [0.25, 0.3) is 5.91 Å². The maximum Gasteiger partial charge on any atom is 0.269 e. The number of aromatic amines is 1. The molecule has 1 aliphatic heterocycles. The molecular weight excluding hydrogens is 314 g/mol. The van der Waals surface area contributed by atoms with Gasteiger partial charge in [-0.05, 0) is 43.5 Å². The Kier molecular flexibility index (Phi) is 5.25. The molecule has 0 spiro atoms. The molecule has 1 atom stereocenters. The van der Waals surface area contributed by atoms with Gasteiger partial charge in [-0.3, -0.25) is 9.69 Å². The van der Waals surface area contributed by atoms with Crippen molar-refractivity contribution in [3.05, 3.63) is 59.4 Å². The minimum absolute atomic E-state index is 0.0228. The van der Waals surface area contributed by atoms with E-state index in [-0.39, 0.29) is 18.1 Å². The molecule has 0 aliphatic carbocycles. The van der Waals surface area contributed by atoms with Crippen molar-refractivity contribution in [2.24, 2.45) is 0 Å². The molecule has 134 valence electrons. The molecule has 2 N–H and O–H groups in total. The van der Waals surface area contributed by atoms with Crippen molar-refractivity contribution in [2.75, 3.05) is 27.2 Å². The molecule has 5 nitrogen and oxygen atoms in total. The fourth-order valence-corrected chi connectivity index (χ4v) is 3.76. The number of carbonyl (C=O) groups is 1. The Morgan fingerprint density at radius 3 is 2.68 bits per heavy atom. The fraction of sp³-hybridized carbons (Fsp3) is 0.450. The first kappa shape index (κ1) is 17.7. The normalized spacial score (nSPS) is 20.8. The molecule has 1 unspecified atom stereocenters. The standard InChI is InChI=1S/C20H27N3O2/c1-22(2)19(25)18-10-9-17(21-18)14-23-12-6-11-20(23,15-24)13-16-7-4-3-5-8-16/h3-5,7-10,21,24H,6,11-15H2,1-2H3. The van der Waals surface area contributed by atoms with Crippen molar-refractivity contribution in [3.63, 3.8) is 0 Å². The van der Waals surface area contributed by atoms with Crippen LogP contribution in [-0.2, 0) is 13.0 Å². The van der Waals surface area contributed by atoms with Gasteiger partial charge in [0.2, 0.25) is 0 Å². The summed E-state index contributed by atoms with van der Waals surface area (Å²) in [6.45, 7) is 1.82. The second-order valence-electron chi connectivity index (χ2n) is 7.17. The molecule has 1 aromatic heterocycles. The summed E-state index contributed by atoms with van der Waals surface area (Å²) in [5.74, 6) is -0.0228.